The summed E-state index contributed by atoms with van der Waals surface area (Å²) in [6.45, 7) is 11.7. The van der Waals surface area contributed by atoms with E-state index in [-0.39, 0.29) is 28.7 Å². The van der Waals surface area contributed by atoms with Crippen molar-refractivity contribution >= 4 is 41.7 Å². The number of hydrogen-bond acceptors (Lipinski definition) is 3. The van der Waals surface area contributed by atoms with Crippen LogP contribution in [-0.2, 0) is 0 Å². The quantitative estimate of drug-likeness (QED) is 0.393. The predicted molar refractivity (Wildman–Crippen MR) is 114 cm³/mol. The van der Waals surface area contributed by atoms with E-state index >= 15 is 0 Å². The average Bonchev–Trinajstić information content (AvgIpc) is 2.97. The highest BCUT2D eigenvalue weighted by atomic mass is 127. The standard InChI is InChI=1S/C17H34N4S.HI/c1-17(2,22-4)14-19-16(18-3)21-11-8-15(13-21)12-20-9-6-5-7-10-20;/h15H,5-14H2,1-4H3,(H,18,19);1H. The molecule has 2 fully saturated rings. The topological polar surface area (TPSA) is 30.9 Å². The second-order valence-electron chi connectivity index (χ2n) is 7.33. The lowest BCUT2D eigenvalue weighted by atomic mass is 10.1. The molecule has 0 radical (unpaired) electrons. The van der Waals surface area contributed by atoms with Crippen LogP contribution in [0.25, 0.3) is 0 Å². The summed E-state index contributed by atoms with van der Waals surface area (Å²) >= 11 is 1.90. The fourth-order valence-corrected chi connectivity index (χ4v) is 3.59. The minimum absolute atomic E-state index is 0. The summed E-state index contributed by atoms with van der Waals surface area (Å²) in [5, 5.41) is 3.57. The minimum atomic E-state index is 0. The Labute approximate surface area is 164 Å². The molecule has 6 heteroatoms. The smallest absolute Gasteiger partial charge is 0.193 e. The van der Waals surface area contributed by atoms with Gasteiger partial charge in [0.1, 0.15) is 0 Å². The summed E-state index contributed by atoms with van der Waals surface area (Å²) in [7, 11) is 1.91. The Bertz CT molecular complexity index is 370. The van der Waals surface area contributed by atoms with Gasteiger partial charge in [-0.1, -0.05) is 6.42 Å². The van der Waals surface area contributed by atoms with E-state index in [1.165, 1.54) is 45.3 Å². The van der Waals surface area contributed by atoms with E-state index in [1.54, 1.807) is 0 Å². The third-order valence-corrected chi connectivity index (χ3v) is 6.24. The Balaban J connectivity index is 0.00000264. The fraction of sp³-hybridized carbons (Fsp3) is 0.941. The molecule has 0 amide bonds. The second kappa shape index (κ2) is 10.3. The van der Waals surface area contributed by atoms with E-state index in [2.05, 4.69) is 40.2 Å². The first-order valence-corrected chi connectivity index (χ1v) is 9.99. The molecule has 23 heavy (non-hydrogen) atoms. The molecule has 4 nitrogen and oxygen atoms in total. The zero-order valence-electron chi connectivity index (χ0n) is 15.3. The molecule has 1 unspecified atom stereocenters. The summed E-state index contributed by atoms with van der Waals surface area (Å²) in [6, 6.07) is 0. The highest BCUT2D eigenvalue weighted by Gasteiger charge is 2.27. The molecule has 2 heterocycles. The van der Waals surface area contributed by atoms with Gasteiger partial charge in [0, 0.05) is 38.0 Å². The lowest BCUT2D eigenvalue weighted by molar-refractivity contribution is 0.198. The number of guanidine groups is 1. The Morgan fingerprint density at radius 3 is 2.52 bits per heavy atom. The van der Waals surface area contributed by atoms with Crippen LogP contribution < -0.4 is 5.32 Å². The van der Waals surface area contributed by atoms with Crippen LogP contribution in [0.2, 0.25) is 0 Å². The SMILES string of the molecule is CN=C(NCC(C)(C)SC)N1CCC(CN2CCCCC2)C1.I. The summed E-state index contributed by atoms with van der Waals surface area (Å²) in [5.41, 5.74) is 0. The van der Waals surface area contributed by atoms with Crippen molar-refractivity contribution in [1.29, 1.82) is 0 Å². The van der Waals surface area contributed by atoms with Gasteiger partial charge in [0.25, 0.3) is 0 Å². The van der Waals surface area contributed by atoms with Crippen LogP contribution in [0.1, 0.15) is 39.5 Å². The van der Waals surface area contributed by atoms with Gasteiger partial charge < -0.3 is 15.1 Å². The van der Waals surface area contributed by atoms with Crippen LogP contribution in [0.15, 0.2) is 4.99 Å². The number of likely N-dealkylation sites (tertiary alicyclic amines) is 2. The van der Waals surface area contributed by atoms with Crippen molar-refractivity contribution < 1.29 is 0 Å². The number of thioether (sulfide) groups is 1. The van der Waals surface area contributed by atoms with Gasteiger partial charge in [0.2, 0.25) is 0 Å². The van der Waals surface area contributed by atoms with Gasteiger partial charge in [0.15, 0.2) is 5.96 Å². The van der Waals surface area contributed by atoms with Crippen LogP contribution in [-0.4, -0.2) is 73.1 Å². The first-order valence-electron chi connectivity index (χ1n) is 8.77. The molecule has 1 N–H and O–H groups in total. The monoisotopic (exact) mass is 454 g/mol. The van der Waals surface area contributed by atoms with Gasteiger partial charge in [-0.2, -0.15) is 11.8 Å². The molecule has 0 aromatic rings. The molecular formula is C17H35IN4S. The summed E-state index contributed by atoms with van der Waals surface area (Å²) < 4.78 is 0.253. The number of nitrogens with one attached hydrogen (secondary N) is 1. The molecule has 0 aliphatic carbocycles. The van der Waals surface area contributed by atoms with Crippen LogP contribution in [0.3, 0.4) is 0 Å². The van der Waals surface area contributed by atoms with Crippen molar-refractivity contribution in [1.82, 2.24) is 15.1 Å². The Kier molecular flexibility index (Phi) is 9.59. The Hall–Kier alpha value is 0.310. The second-order valence-corrected chi connectivity index (χ2v) is 8.84. The van der Waals surface area contributed by atoms with E-state index in [0.29, 0.717) is 0 Å². The first kappa shape index (κ1) is 21.4. The number of nitrogens with zero attached hydrogens (tertiary/aromatic N) is 3. The van der Waals surface area contributed by atoms with Crippen molar-refractivity contribution in [2.24, 2.45) is 10.9 Å². The van der Waals surface area contributed by atoms with Gasteiger partial charge in [-0.15, -0.1) is 24.0 Å². The molecule has 1 atom stereocenters. The number of rotatable bonds is 5. The molecule has 2 aliphatic heterocycles. The first-order chi connectivity index (χ1) is 10.5. The summed E-state index contributed by atoms with van der Waals surface area (Å²) in [6.07, 6.45) is 7.69. The lowest BCUT2D eigenvalue weighted by Crippen LogP contribution is -2.45. The van der Waals surface area contributed by atoms with Gasteiger partial charge >= 0.3 is 0 Å². The van der Waals surface area contributed by atoms with Crippen molar-refractivity contribution in [2.75, 3.05) is 52.6 Å². The zero-order chi connectivity index (χ0) is 16.0. The molecular weight excluding hydrogens is 419 g/mol. The van der Waals surface area contributed by atoms with Gasteiger partial charge in [-0.3, -0.25) is 4.99 Å². The van der Waals surface area contributed by atoms with E-state index in [0.717, 1.165) is 31.5 Å². The predicted octanol–water partition coefficient (Wildman–Crippen LogP) is 3.13. The van der Waals surface area contributed by atoms with Crippen molar-refractivity contribution in [3.8, 4) is 0 Å². The molecule has 0 spiro atoms. The molecule has 2 saturated heterocycles. The third-order valence-electron chi connectivity index (χ3n) is 4.99. The highest BCUT2D eigenvalue weighted by Crippen LogP contribution is 2.22. The fourth-order valence-electron chi connectivity index (χ4n) is 3.38. The van der Waals surface area contributed by atoms with Crippen LogP contribution >= 0.6 is 35.7 Å². The van der Waals surface area contributed by atoms with Crippen molar-refractivity contribution in [3.63, 3.8) is 0 Å². The highest BCUT2D eigenvalue weighted by molar-refractivity contribution is 14.0. The maximum absolute atomic E-state index is 4.50. The van der Waals surface area contributed by atoms with Crippen molar-refractivity contribution in [3.05, 3.63) is 0 Å². The van der Waals surface area contributed by atoms with Crippen molar-refractivity contribution in [2.45, 2.75) is 44.3 Å². The Morgan fingerprint density at radius 1 is 1.22 bits per heavy atom. The maximum atomic E-state index is 4.50. The number of aliphatic imine (C=N–C) groups is 1. The zero-order valence-corrected chi connectivity index (χ0v) is 18.5. The number of hydrogen-bond donors (Lipinski definition) is 1. The van der Waals surface area contributed by atoms with E-state index in [1.807, 2.05) is 18.8 Å². The van der Waals surface area contributed by atoms with Gasteiger partial charge in [-0.25, -0.2) is 0 Å². The summed E-state index contributed by atoms with van der Waals surface area (Å²) in [5.74, 6) is 1.90. The maximum Gasteiger partial charge on any atom is 0.193 e. The number of piperidine rings is 1. The molecule has 2 rings (SSSR count). The van der Waals surface area contributed by atoms with Gasteiger partial charge in [0.05, 0.1) is 0 Å². The molecule has 136 valence electrons. The molecule has 0 aromatic heterocycles. The van der Waals surface area contributed by atoms with Crippen LogP contribution in [0, 0.1) is 5.92 Å². The van der Waals surface area contributed by atoms with Gasteiger partial charge in [-0.05, 0) is 58.4 Å². The van der Waals surface area contributed by atoms with E-state index in [4.69, 9.17) is 0 Å². The lowest BCUT2D eigenvalue weighted by Gasteiger charge is -2.30. The molecule has 0 saturated carbocycles. The molecule has 0 aromatic carbocycles. The van der Waals surface area contributed by atoms with E-state index in [9.17, 15) is 0 Å². The number of halogens is 1. The van der Waals surface area contributed by atoms with Crippen LogP contribution in [0.5, 0.6) is 0 Å². The largest absolute Gasteiger partial charge is 0.355 e. The van der Waals surface area contributed by atoms with E-state index < -0.39 is 0 Å². The molecule has 0 bridgehead atoms. The normalized spacial score (nSPS) is 23.7. The Morgan fingerprint density at radius 2 is 1.91 bits per heavy atom. The molecule has 2 aliphatic rings. The minimum Gasteiger partial charge on any atom is -0.355 e. The third kappa shape index (κ3) is 6.98. The van der Waals surface area contributed by atoms with Crippen LogP contribution in [0.4, 0.5) is 0 Å². The summed E-state index contributed by atoms with van der Waals surface area (Å²) in [4.78, 5) is 9.62. The average molecular weight is 454 g/mol.